The normalized spacial score (nSPS) is 10.5. The van der Waals surface area contributed by atoms with Crippen LogP contribution in [0.25, 0.3) is 22.2 Å². The summed E-state index contributed by atoms with van der Waals surface area (Å²) in [5, 5.41) is 12.5. The molecular formula is C22H21N3O5. The standard InChI is InChI=1S/C22H21N3O5/c1-23-20(27)12-25(2)21(28)13-30-22(29)17-11-19(14-7-9-15(26)10-8-14)24-18-6-4-3-5-16(17)18/h3-11,26H,12-13H2,1-2H3,(H,23,27). The number of benzene rings is 2. The van der Waals surface area contributed by atoms with Crippen molar-refractivity contribution in [2.24, 2.45) is 0 Å². The Morgan fingerprint density at radius 3 is 2.50 bits per heavy atom. The van der Waals surface area contributed by atoms with Gasteiger partial charge in [0, 0.05) is 25.0 Å². The van der Waals surface area contributed by atoms with Gasteiger partial charge in [-0.25, -0.2) is 9.78 Å². The summed E-state index contributed by atoms with van der Waals surface area (Å²) in [7, 11) is 2.93. The van der Waals surface area contributed by atoms with Crippen molar-refractivity contribution in [3.8, 4) is 17.0 Å². The lowest BCUT2D eigenvalue weighted by atomic mass is 10.0. The second kappa shape index (κ2) is 9.04. The largest absolute Gasteiger partial charge is 0.508 e. The van der Waals surface area contributed by atoms with Crippen LogP contribution in [0.2, 0.25) is 0 Å². The molecule has 30 heavy (non-hydrogen) atoms. The van der Waals surface area contributed by atoms with Gasteiger partial charge in [0.2, 0.25) is 5.91 Å². The number of rotatable bonds is 6. The third kappa shape index (κ3) is 4.72. The lowest BCUT2D eigenvalue weighted by molar-refractivity contribution is -0.137. The quantitative estimate of drug-likeness (QED) is 0.605. The zero-order valence-corrected chi connectivity index (χ0v) is 16.6. The Balaban J connectivity index is 1.85. The highest BCUT2D eigenvalue weighted by molar-refractivity contribution is 6.05. The van der Waals surface area contributed by atoms with E-state index in [9.17, 15) is 19.5 Å². The summed E-state index contributed by atoms with van der Waals surface area (Å²) in [6, 6.07) is 15.2. The molecule has 1 heterocycles. The molecule has 8 nitrogen and oxygen atoms in total. The number of aromatic hydroxyl groups is 1. The second-order valence-corrected chi connectivity index (χ2v) is 6.62. The first kappa shape index (κ1) is 20.8. The molecule has 2 amide bonds. The van der Waals surface area contributed by atoms with E-state index in [-0.39, 0.29) is 23.8 Å². The number of hydrogen-bond acceptors (Lipinski definition) is 6. The first-order valence-electron chi connectivity index (χ1n) is 9.20. The van der Waals surface area contributed by atoms with Gasteiger partial charge >= 0.3 is 5.97 Å². The maximum Gasteiger partial charge on any atom is 0.339 e. The number of phenolic OH excluding ortho intramolecular Hbond substituents is 1. The minimum Gasteiger partial charge on any atom is -0.508 e. The number of amides is 2. The van der Waals surface area contributed by atoms with Crippen molar-refractivity contribution in [2.75, 3.05) is 27.2 Å². The second-order valence-electron chi connectivity index (χ2n) is 6.62. The molecule has 0 saturated carbocycles. The number of carbonyl (C=O) groups excluding carboxylic acids is 3. The van der Waals surface area contributed by atoms with Gasteiger partial charge in [0.25, 0.3) is 5.91 Å². The van der Waals surface area contributed by atoms with E-state index in [1.165, 1.54) is 31.1 Å². The van der Waals surface area contributed by atoms with E-state index in [1.54, 1.807) is 36.4 Å². The molecule has 0 saturated heterocycles. The zero-order chi connectivity index (χ0) is 21.7. The summed E-state index contributed by atoms with van der Waals surface area (Å²) < 4.78 is 5.21. The number of phenols is 1. The average molecular weight is 407 g/mol. The summed E-state index contributed by atoms with van der Waals surface area (Å²) in [5.74, 6) is -1.37. The Bertz CT molecular complexity index is 1100. The van der Waals surface area contributed by atoms with E-state index in [1.807, 2.05) is 6.07 Å². The van der Waals surface area contributed by atoms with Crippen LogP contribution in [-0.2, 0) is 14.3 Å². The number of ether oxygens (including phenoxy) is 1. The van der Waals surface area contributed by atoms with E-state index in [4.69, 9.17) is 4.74 Å². The maximum absolute atomic E-state index is 12.8. The van der Waals surface area contributed by atoms with Crippen molar-refractivity contribution < 1.29 is 24.2 Å². The molecule has 0 atom stereocenters. The van der Waals surface area contributed by atoms with Gasteiger partial charge < -0.3 is 20.1 Å². The van der Waals surface area contributed by atoms with Crippen LogP contribution in [-0.4, -0.2) is 60.0 Å². The maximum atomic E-state index is 12.8. The molecule has 154 valence electrons. The fraction of sp³-hybridized carbons (Fsp3) is 0.182. The highest BCUT2D eigenvalue weighted by atomic mass is 16.5. The molecule has 1 aromatic heterocycles. The van der Waals surface area contributed by atoms with Gasteiger partial charge in [-0.3, -0.25) is 9.59 Å². The number of esters is 1. The zero-order valence-electron chi connectivity index (χ0n) is 16.6. The summed E-state index contributed by atoms with van der Waals surface area (Å²) >= 11 is 0. The molecule has 0 aliphatic rings. The number of nitrogens with zero attached hydrogens (tertiary/aromatic N) is 2. The summed E-state index contributed by atoms with van der Waals surface area (Å²) in [5.41, 5.74) is 2.11. The van der Waals surface area contributed by atoms with E-state index in [2.05, 4.69) is 10.3 Å². The Morgan fingerprint density at radius 1 is 1.10 bits per heavy atom. The van der Waals surface area contributed by atoms with E-state index < -0.39 is 18.5 Å². The fourth-order valence-corrected chi connectivity index (χ4v) is 2.82. The SMILES string of the molecule is CNC(=O)CN(C)C(=O)COC(=O)c1cc(-c2ccc(O)cc2)nc2ccccc12. The molecule has 3 aromatic rings. The van der Waals surface area contributed by atoms with Gasteiger partial charge in [-0.1, -0.05) is 18.2 Å². The number of fused-ring (bicyclic) bond motifs is 1. The first-order chi connectivity index (χ1) is 14.4. The Kier molecular flexibility index (Phi) is 6.26. The molecule has 0 aliphatic carbocycles. The van der Waals surface area contributed by atoms with Crippen molar-refractivity contribution in [1.29, 1.82) is 0 Å². The van der Waals surface area contributed by atoms with Crippen molar-refractivity contribution in [2.45, 2.75) is 0 Å². The molecule has 2 aromatic carbocycles. The molecule has 0 bridgehead atoms. The summed E-state index contributed by atoms with van der Waals surface area (Å²) in [4.78, 5) is 42.1. The Hall–Kier alpha value is -3.94. The predicted molar refractivity (Wildman–Crippen MR) is 111 cm³/mol. The minimum atomic E-state index is -0.671. The number of hydrogen-bond donors (Lipinski definition) is 2. The van der Waals surface area contributed by atoms with Gasteiger partial charge in [-0.05, 0) is 36.4 Å². The van der Waals surface area contributed by atoms with Crippen LogP contribution in [0.5, 0.6) is 5.75 Å². The van der Waals surface area contributed by atoms with Crippen LogP contribution in [0.3, 0.4) is 0 Å². The lowest BCUT2D eigenvalue weighted by Crippen LogP contribution is -2.39. The Labute approximate surface area is 173 Å². The third-order valence-corrected chi connectivity index (χ3v) is 4.51. The molecule has 0 fully saturated rings. The summed E-state index contributed by atoms with van der Waals surface area (Å²) in [6.45, 7) is -0.617. The highest BCUT2D eigenvalue weighted by Crippen LogP contribution is 2.26. The molecular weight excluding hydrogens is 386 g/mol. The van der Waals surface area contributed by atoms with Gasteiger partial charge in [-0.15, -0.1) is 0 Å². The topological polar surface area (TPSA) is 109 Å². The van der Waals surface area contributed by atoms with Gasteiger partial charge in [-0.2, -0.15) is 0 Å². The van der Waals surface area contributed by atoms with Gasteiger partial charge in [0.05, 0.1) is 23.3 Å². The van der Waals surface area contributed by atoms with E-state index >= 15 is 0 Å². The van der Waals surface area contributed by atoms with Crippen LogP contribution < -0.4 is 5.32 Å². The van der Waals surface area contributed by atoms with Gasteiger partial charge in [0.15, 0.2) is 6.61 Å². The van der Waals surface area contributed by atoms with Crippen LogP contribution in [0.4, 0.5) is 0 Å². The van der Waals surface area contributed by atoms with E-state index in [0.717, 1.165) is 0 Å². The number of aromatic nitrogens is 1. The number of carbonyl (C=O) groups is 3. The van der Waals surface area contributed by atoms with E-state index in [0.29, 0.717) is 22.2 Å². The van der Waals surface area contributed by atoms with Crippen molar-refractivity contribution >= 4 is 28.7 Å². The summed E-state index contributed by atoms with van der Waals surface area (Å²) in [6.07, 6.45) is 0. The lowest BCUT2D eigenvalue weighted by Gasteiger charge is -2.16. The predicted octanol–water partition coefficient (Wildman–Crippen LogP) is 1.97. The molecule has 0 spiro atoms. The molecule has 0 unspecified atom stereocenters. The van der Waals surface area contributed by atoms with Gasteiger partial charge in [0.1, 0.15) is 5.75 Å². The third-order valence-electron chi connectivity index (χ3n) is 4.51. The first-order valence-corrected chi connectivity index (χ1v) is 9.20. The van der Waals surface area contributed by atoms with Crippen molar-refractivity contribution in [1.82, 2.24) is 15.2 Å². The number of para-hydroxylation sites is 1. The number of likely N-dealkylation sites (N-methyl/N-ethyl adjacent to an activating group) is 2. The molecule has 0 aliphatic heterocycles. The molecule has 2 N–H and O–H groups in total. The van der Waals surface area contributed by atoms with Crippen LogP contribution in [0.15, 0.2) is 54.6 Å². The number of nitrogens with one attached hydrogen (secondary N) is 1. The van der Waals surface area contributed by atoms with Crippen LogP contribution in [0, 0.1) is 0 Å². The number of pyridine rings is 1. The van der Waals surface area contributed by atoms with Crippen molar-refractivity contribution in [3.63, 3.8) is 0 Å². The van der Waals surface area contributed by atoms with Crippen LogP contribution >= 0.6 is 0 Å². The van der Waals surface area contributed by atoms with Crippen LogP contribution in [0.1, 0.15) is 10.4 Å². The molecule has 0 radical (unpaired) electrons. The van der Waals surface area contributed by atoms with Crippen molar-refractivity contribution in [3.05, 3.63) is 60.2 Å². The monoisotopic (exact) mass is 407 g/mol. The highest BCUT2D eigenvalue weighted by Gasteiger charge is 2.18. The average Bonchev–Trinajstić information content (AvgIpc) is 2.76. The minimum absolute atomic E-state index is 0.124. The fourth-order valence-electron chi connectivity index (χ4n) is 2.82. The smallest absolute Gasteiger partial charge is 0.339 e. The molecule has 3 rings (SSSR count). The molecule has 8 heteroatoms. The Morgan fingerprint density at radius 2 is 1.80 bits per heavy atom.